The topological polar surface area (TPSA) is 98.1 Å². The molecule has 0 aliphatic carbocycles. The van der Waals surface area contributed by atoms with Crippen LogP contribution in [0.25, 0.3) is 10.8 Å². The van der Waals surface area contributed by atoms with Gasteiger partial charge in [-0.1, -0.05) is 43.0 Å². The number of carbonyl (C=O) groups excluding carboxylic acids is 1. The first kappa shape index (κ1) is 29.9. The fourth-order valence-corrected chi connectivity index (χ4v) is 6.90. The van der Waals surface area contributed by atoms with E-state index in [0.29, 0.717) is 51.4 Å². The van der Waals surface area contributed by atoms with Crippen LogP contribution in [0.3, 0.4) is 0 Å². The number of hydrogen-bond donors (Lipinski definition) is 0. The van der Waals surface area contributed by atoms with Crippen molar-refractivity contribution >= 4 is 28.2 Å². The molecule has 44 heavy (non-hydrogen) atoms. The number of likely N-dealkylation sites (tertiary alicyclic amines) is 1. The van der Waals surface area contributed by atoms with Crippen LogP contribution < -0.4 is 14.5 Å². The Hall–Kier alpha value is -4.20. The molecule has 4 heterocycles. The van der Waals surface area contributed by atoms with Crippen molar-refractivity contribution in [3.63, 3.8) is 0 Å². The Morgan fingerprint density at radius 1 is 1.09 bits per heavy atom. The molecule has 2 saturated heterocycles. The smallest absolute Gasteiger partial charge is 0.318 e. The van der Waals surface area contributed by atoms with Crippen LogP contribution in [-0.2, 0) is 22.5 Å². The van der Waals surface area contributed by atoms with E-state index < -0.39 is 0 Å². The lowest BCUT2D eigenvalue weighted by atomic mass is 10.0. The minimum atomic E-state index is -0.238. The molecular formula is C34H41N7O3. The van der Waals surface area contributed by atoms with Crippen LogP contribution in [0.2, 0.25) is 0 Å². The SMILES string of the molecule is C=CC(=O)N1CCN(c2nc(OCC3CCCN3CCOC)nc3c2CCN(c2cccc4ccccc24)C3)CC1CC#N. The molecule has 3 aliphatic heterocycles. The van der Waals surface area contributed by atoms with Gasteiger partial charge in [-0.05, 0) is 43.3 Å². The molecule has 6 rings (SSSR count). The van der Waals surface area contributed by atoms with Crippen LogP contribution in [0, 0.1) is 11.3 Å². The zero-order chi connectivity index (χ0) is 30.5. The van der Waals surface area contributed by atoms with Crippen molar-refractivity contribution < 1.29 is 14.3 Å². The van der Waals surface area contributed by atoms with Gasteiger partial charge in [0.05, 0.1) is 37.4 Å². The van der Waals surface area contributed by atoms with E-state index in [1.165, 1.54) is 22.5 Å². The van der Waals surface area contributed by atoms with Crippen LogP contribution in [0.4, 0.5) is 11.5 Å². The molecule has 10 heteroatoms. The zero-order valence-corrected chi connectivity index (χ0v) is 25.5. The zero-order valence-electron chi connectivity index (χ0n) is 25.5. The molecular weight excluding hydrogens is 554 g/mol. The van der Waals surface area contributed by atoms with E-state index in [1.54, 1.807) is 12.0 Å². The van der Waals surface area contributed by atoms with E-state index in [4.69, 9.17) is 19.4 Å². The van der Waals surface area contributed by atoms with Gasteiger partial charge in [-0.25, -0.2) is 0 Å². The summed E-state index contributed by atoms with van der Waals surface area (Å²) in [7, 11) is 1.74. The highest BCUT2D eigenvalue weighted by atomic mass is 16.5. The van der Waals surface area contributed by atoms with Gasteiger partial charge in [-0.15, -0.1) is 0 Å². The van der Waals surface area contributed by atoms with Gasteiger partial charge in [-0.2, -0.15) is 15.2 Å². The van der Waals surface area contributed by atoms with Crippen molar-refractivity contribution in [3.8, 4) is 12.1 Å². The van der Waals surface area contributed by atoms with Crippen molar-refractivity contribution in [2.24, 2.45) is 0 Å². The molecule has 2 atom stereocenters. The normalized spacial score (nSPS) is 20.4. The number of rotatable bonds is 10. The number of benzene rings is 2. The summed E-state index contributed by atoms with van der Waals surface area (Å²) in [5.41, 5.74) is 3.28. The van der Waals surface area contributed by atoms with Crippen LogP contribution in [0.1, 0.15) is 30.5 Å². The minimum Gasteiger partial charge on any atom is -0.462 e. The highest BCUT2D eigenvalue weighted by Gasteiger charge is 2.34. The summed E-state index contributed by atoms with van der Waals surface area (Å²) in [5.74, 6) is 0.720. The van der Waals surface area contributed by atoms with Crippen molar-refractivity contribution in [1.82, 2.24) is 19.8 Å². The van der Waals surface area contributed by atoms with Crippen molar-refractivity contribution in [2.75, 3.05) is 69.4 Å². The molecule has 0 spiro atoms. The Balaban J connectivity index is 1.30. The van der Waals surface area contributed by atoms with E-state index in [-0.39, 0.29) is 18.4 Å². The maximum absolute atomic E-state index is 12.6. The average Bonchev–Trinajstić information content (AvgIpc) is 3.52. The highest BCUT2D eigenvalue weighted by Crippen LogP contribution is 2.35. The quantitative estimate of drug-likeness (QED) is 0.324. The van der Waals surface area contributed by atoms with E-state index in [9.17, 15) is 10.1 Å². The molecule has 3 aromatic rings. The summed E-state index contributed by atoms with van der Waals surface area (Å²) in [5, 5.41) is 12.0. The van der Waals surface area contributed by atoms with E-state index in [0.717, 1.165) is 56.0 Å². The summed E-state index contributed by atoms with van der Waals surface area (Å²) < 4.78 is 11.7. The Bertz CT molecular complexity index is 1530. The summed E-state index contributed by atoms with van der Waals surface area (Å²) in [6, 6.07) is 17.7. The number of nitriles is 1. The maximum Gasteiger partial charge on any atom is 0.318 e. The molecule has 230 valence electrons. The van der Waals surface area contributed by atoms with Crippen molar-refractivity contribution in [3.05, 3.63) is 66.4 Å². The van der Waals surface area contributed by atoms with Crippen LogP contribution in [0.5, 0.6) is 6.01 Å². The van der Waals surface area contributed by atoms with E-state index in [1.807, 2.05) is 0 Å². The monoisotopic (exact) mass is 595 g/mol. The number of ether oxygens (including phenoxy) is 2. The van der Waals surface area contributed by atoms with Crippen LogP contribution >= 0.6 is 0 Å². The Morgan fingerprint density at radius 2 is 1.95 bits per heavy atom. The second-order valence-electron chi connectivity index (χ2n) is 11.8. The number of aromatic nitrogens is 2. The number of carbonyl (C=O) groups is 1. The van der Waals surface area contributed by atoms with Crippen molar-refractivity contribution in [1.29, 1.82) is 5.26 Å². The van der Waals surface area contributed by atoms with Crippen LogP contribution in [-0.4, -0.2) is 97.4 Å². The standard InChI is InChI=1S/C34H41N7O3/c1-3-32(42)41-19-18-40(22-26(41)13-15-35)33-29-14-17-39(31-12-6-9-25-8-4-5-11-28(25)31)23-30(29)36-34(37-33)44-24-27-10-7-16-38(27)20-21-43-2/h3-6,8-9,11-12,26-27H,1,7,10,13-14,16-24H2,2H3. The molecule has 1 amide bonds. The fraction of sp³-hybridized carbons (Fsp3) is 0.471. The van der Waals surface area contributed by atoms with Gasteiger partial charge in [0, 0.05) is 62.5 Å². The summed E-state index contributed by atoms with van der Waals surface area (Å²) in [6.07, 6.45) is 4.59. The predicted molar refractivity (Wildman–Crippen MR) is 171 cm³/mol. The number of hydrogen-bond acceptors (Lipinski definition) is 9. The first-order valence-electron chi connectivity index (χ1n) is 15.6. The largest absolute Gasteiger partial charge is 0.462 e. The molecule has 0 radical (unpaired) electrons. The lowest BCUT2D eigenvalue weighted by molar-refractivity contribution is -0.128. The minimum absolute atomic E-state index is 0.140. The third kappa shape index (κ3) is 6.21. The molecule has 3 aliphatic rings. The number of amides is 1. The number of fused-ring (bicyclic) bond motifs is 2. The molecule has 2 aromatic carbocycles. The van der Waals surface area contributed by atoms with Crippen LogP contribution in [0.15, 0.2) is 55.1 Å². The number of nitrogens with zero attached hydrogens (tertiary/aromatic N) is 7. The average molecular weight is 596 g/mol. The number of methoxy groups -OCH3 is 1. The van der Waals surface area contributed by atoms with Gasteiger partial charge in [-0.3, -0.25) is 9.69 Å². The molecule has 0 N–H and O–H groups in total. The van der Waals surface area contributed by atoms with Gasteiger partial charge >= 0.3 is 6.01 Å². The summed E-state index contributed by atoms with van der Waals surface area (Å²) in [4.78, 5) is 31.4. The molecule has 1 aromatic heterocycles. The predicted octanol–water partition coefficient (Wildman–Crippen LogP) is 3.80. The third-order valence-electron chi connectivity index (χ3n) is 9.18. The molecule has 0 bridgehead atoms. The first-order chi connectivity index (χ1) is 21.6. The van der Waals surface area contributed by atoms with Gasteiger partial charge in [0.1, 0.15) is 12.4 Å². The lowest BCUT2D eigenvalue weighted by Crippen LogP contribution is -2.55. The second-order valence-corrected chi connectivity index (χ2v) is 11.8. The summed E-state index contributed by atoms with van der Waals surface area (Å²) in [6.45, 7) is 9.94. The molecule has 2 unspecified atom stereocenters. The molecule has 0 saturated carbocycles. The second kappa shape index (κ2) is 13.6. The maximum atomic E-state index is 12.6. The Morgan fingerprint density at radius 3 is 2.80 bits per heavy atom. The Kier molecular flexibility index (Phi) is 9.24. The third-order valence-corrected chi connectivity index (χ3v) is 9.18. The van der Waals surface area contributed by atoms with E-state index in [2.05, 4.69) is 69.8 Å². The summed E-state index contributed by atoms with van der Waals surface area (Å²) >= 11 is 0. The fourth-order valence-electron chi connectivity index (χ4n) is 6.90. The van der Waals surface area contributed by atoms with Gasteiger partial charge in [0.15, 0.2) is 0 Å². The van der Waals surface area contributed by atoms with Crippen molar-refractivity contribution in [2.45, 2.75) is 44.3 Å². The van der Waals surface area contributed by atoms with Gasteiger partial charge in [0.25, 0.3) is 0 Å². The number of piperazine rings is 1. The Labute approximate surface area is 259 Å². The van der Waals surface area contributed by atoms with Gasteiger partial charge < -0.3 is 24.2 Å². The highest BCUT2D eigenvalue weighted by molar-refractivity contribution is 5.94. The first-order valence-corrected chi connectivity index (χ1v) is 15.6. The van der Waals surface area contributed by atoms with Gasteiger partial charge in [0.2, 0.25) is 5.91 Å². The molecule has 10 nitrogen and oxygen atoms in total. The van der Waals surface area contributed by atoms with E-state index >= 15 is 0 Å². The lowest BCUT2D eigenvalue weighted by Gasteiger charge is -2.42. The number of anilines is 2. The molecule has 2 fully saturated rings.